The zero-order valence-electron chi connectivity index (χ0n) is 20.7. The summed E-state index contributed by atoms with van der Waals surface area (Å²) in [4.78, 5) is 0. The minimum Gasteiger partial charge on any atom is -0.492 e. The van der Waals surface area contributed by atoms with Gasteiger partial charge in [0.1, 0.15) is 11.8 Å². The van der Waals surface area contributed by atoms with E-state index in [-0.39, 0.29) is 6.61 Å². The van der Waals surface area contributed by atoms with E-state index in [1.165, 1.54) is 0 Å². The number of nitriles is 1. The predicted molar refractivity (Wildman–Crippen MR) is 144 cm³/mol. The smallest absolute Gasteiger partial charge is 0.137 e. The molecule has 4 aromatic rings. The summed E-state index contributed by atoms with van der Waals surface area (Å²) in [5.74, 6) is 0.532. The van der Waals surface area contributed by atoms with Crippen molar-refractivity contribution in [1.82, 2.24) is 0 Å². The van der Waals surface area contributed by atoms with E-state index in [4.69, 9.17) is 10.5 Å². The van der Waals surface area contributed by atoms with Gasteiger partial charge in [-0.25, -0.2) is 0 Å². The third-order valence-corrected chi connectivity index (χ3v) is 6.45. The molecule has 36 heavy (non-hydrogen) atoms. The summed E-state index contributed by atoms with van der Waals surface area (Å²) in [7, 11) is 0. The van der Waals surface area contributed by atoms with E-state index in [1.54, 1.807) is 6.07 Å². The van der Waals surface area contributed by atoms with Crippen LogP contribution in [0.4, 0.5) is 0 Å². The van der Waals surface area contributed by atoms with Crippen molar-refractivity contribution in [2.24, 2.45) is 5.73 Å². The van der Waals surface area contributed by atoms with Gasteiger partial charge in [0.05, 0.1) is 24.9 Å². The van der Waals surface area contributed by atoms with Crippen LogP contribution < -0.4 is 10.5 Å². The lowest BCUT2D eigenvalue weighted by Crippen LogP contribution is -2.39. The number of benzene rings is 4. The monoisotopic (exact) mass is 480 g/mol. The fourth-order valence-corrected chi connectivity index (χ4v) is 4.47. The van der Waals surface area contributed by atoms with Gasteiger partial charge in [-0.1, -0.05) is 60.7 Å². The first-order valence-electron chi connectivity index (χ1n) is 12.2. The topological polar surface area (TPSA) is 99.5 Å². The van der Waals surface area contributed by atoms with Crippen LogP contribution in [-0.2, 0) is 13.0 Å². The number of ether oxygens (including phenoxy) is 1. The number of nitrogens with zero attached hydrogens (tertiary/aromatic N) is 1. The molecule has 0 heterocycles. The summed E-state index contributed by atoms with van der Waals surface area (Å²) < 4.78 is 5.99. The van der Waals surface area contributed by atoms with Crippen LogP contribution in [0.15, 0.2) is 78.9 Å². The molecule has 1 atom stereocenters. The lowest BCUT2D eigenvalue weighted by molar-refractivity contribution is 0.104. The number of fused-ring (bicyclic) bond motifs is 1. The number of aryl methyl sites for hydroxylation is 1. The highest BCUT2D eigenvalue weighted by atomic mass is 16.5. The van der Waals surface area contributed by atoms with Crippen molar-refractivity contribution in [3.05, 3.63) is 101 Å². The lowest BCUT2D eigenvalue weighted by Gasteiger charge is -2.28. The van der Waals surface area contributed by atoms with Crippen LogP contribution in [0.5, 0.6) is 5.75 Å². The zero-order valence-corrected chi connectivity index (χ0v) is 20.7. The molecular formula is C31H32N2O3. The van der Waals surface area contributed by atoms with E-state index >= 15 is 0 Å². The Balaban J connectivity index is 1.50. The van der Waals surface area contributed by atoms with Crippen LogP contribution in [0.1, 0.15) is 48.6 Å². The summed E-state index contributed by atoms with van der Waals surface area (Å²) >= 11 is 0. The van der Waals surface area contributed by atoms with Gasteiger partial charge in [0.15, 0.2) is 0 Å². The Morgan fingerprint density at radius 3 is 2.33 bits per heavy atom. The number of rotatable bonds is 9. The molecule has 0 aliphatic rings. The number of aliphatic hydroxyl groups excluding tert-OH is 2. The van der Waals surface area contributed by atoms with Crippen molar-refractivity contribution in [3.63, 3.8) is 0 Å². The lowest BCUT2D eigenvalue weighted by atomic mass is 9.86. The maximum atomic E-state index is 10.9. The minimum absolute atomic E-state index is 0.0664. The Hall–Kier alpha value is -3.69. The molecule has 4 N–H and O–H groups in total. The fraction of sp³-hybridized carbons (Fsp3) is 0.258. The van der Waals surface area contributed by atoms with Gasteiger partial charge >= 0.3 is 0 Å². The standard InChI is InChI=1S/C31H32N2O3/c1-31(2,33)30(35)28-18-22-9-4-3-8-21(22)16-23(28)11-7-15-36-29-14-13-24(17-26(29)19-32)27-12-6-5-10-25(27)20-34/h3-6,8-10,12-14,16-18,30,34-35H,7,11,15,20,33H2,1-2H3/t30-/m1/s1. The van der Waals surface area contributed by atoms with Crippen LogP contribution in [-0.4, -0.2) is 22.4 Å². The van der Waals surface area contributed by atoms with Crippen molar-refractivity contribution >= 4 is 10.8 Å². The van der Waals surface area contributed by atoms with E-state index in [1.807, 2.05) is 74.5 Å². The molecule has 4 rings (SSSR count). The van der Waals surface area contributed by atoms with Crippen molar-refractivity contribution in [2.45, 2.75) is 44.9 Å². The first-order valence-corrected chi connectivity index (χ1v) is 12.2. The fourth-order valence-electron chi connectivity index (χ4n) is 4.47. The summed E-state index contributed by atoms with van der Waals surface area (Å²) in [6.07, 6.45) is 0.623. The summed E-state index contributed by atoms with van der Waals surface area (Å²) in [5.41, 5.74) is 10.4. The van der Waals surface area contributed by atoms with Crippen LogP contribution in [0.25, 0.3) is 21.9 Å². The van der Waals surface area contributed by atoms with Crippen LogP contribution in [0.2, 0.25) is 0 Å². The van der Waals surface area contributed by atoms with Crippen molar-refractivity contribution in [2.75, 3.05) is 6.61 Å². The van der Waals surface area contributed by atoms with Gasteiger partial charge in [-0.05, 0) is 83.5 Å². The quantitative estimate of drug-likeness (QED) is 0.269. The second kappa shape index (κ2) is 10.9. The van der Waals surface area contributed by atoms with E-state index < -0.39 is 11.6 Å². The molecule has 0 aromatic heterocycles. The van der Waals surface area contributed by atoms with Crippen molar-refractivity contribution in [1.29, 1.82) is 5.26 Å². The molecule has 5 heteroatoms. The first-order chi connectivity index (χ1) is 17.3. The molecule has 184 valence electrons. The molecule has 0 unspecified atom stereocenters. The Morgan fingerprint density at radius 2 is 1.64 bits per heavy atom. The highest BCUT2D eigenvalue weighted by Crippen LogP contribution is 2.32. The Labute approximate surface area is 212 Å². The average Bonchev–Trinajstić information content (AvgIpc) is 2.89. The summed E-state index contributed by atoms with van der Waals surface area (Å²) in [6.45, 7) is 4.01. The molecule has 0 spiro atoms. The van der Waals surface area contributed by atoms with Gasteiger partial charge < -0.3 is 20.7 Å². The predicted octanol–water partition coefficient (Wildman–Crippen LogP) is 5.65. The molecule has 0 fully saturated rings. The molecule has 0 radical (unpaired) electrons. The molecular weight excluding hydrogens is 448 g/mol. The van der Waals surface area contributed by atoms with Gasteiger partial charge in [-0.2, -0.15) is 5.26 Å². The Kier molecular flexibility index (Phi) is 7.71. The highest BCUT2D eigenvalue weighted by Gasteiger charge is 2.26. The van der Waals surface area contributed by atoms with Crippen LogP contribution in [0, 0.1) is 11.3 Å². The summed E-state index contributed by atoms with van der Waals surface area (Å²) in [5, 5.41) is 32.5. The van der Waals surface area contributed by atoms with Crippen molar-refractivity contribution in [3.8, 4) is 22.9 Å². The SMILES string of the molecule is CC(C)(N)[C@H](O)c1cc2ccccc2cc1CCCOc1ccc(-c2ccccc2CO)cc1C#N. The average molecular weight is 481 g/mol. The minimum atomic E-state index is -0.794. The third-order valence-electron chi connectivity index (χ3n) is 6.45. The van der Waals surface area contributed by atoms with Gasteiger partial charge in [0, 0.05) is 5.54 Å². The van der Waals surface area contributed by atoms with Crippen LogP contribution >= 0.6 is 0 Å². The normalized spacial score (nSPS) is 12.3. The van der Waals surface area contributed by atoms with E-state index in [0.29, 0.717) is 30.8 Å². The number of hydrogen-bond acceptors (Lipinski definition) is 5. The maximum Gasteiger partial charge on any atom is 0.137 e. The number of nitrogens with two attached hydrogens (primary N) is 1. The van der Waals surface area contributed by atoms with Gasteiger partial charge in [-0.3, -0.25) is 0 Å². The highest BCUT2D eigenvalue weighted by molar-refractivity contribution is 5.84. The van der Waals surface area contributed by atoms with E-state index in [9.17, 15) is 15.5 Å². The second-order valence-electron chi connectivity index (χ2n) is 9.71. The Morgan fingerprint density at radius 1 is 0.944 bits per heavy atom. The zero-order chi connectivity index (χ0) is 25.7. The number of hydrogen-bond donors (Lipinski definition) is 3. The van der Waals surface area contributed by atoms with Crippen LogP contribution in [0.3, 0.4) is 0 Å². The van der Waals surface area contributed by atoms with Gasteiger partial charge in [0.2, 0.25) is 0 Å². The van der Waals surface area contributed by atoms with E-state index in [0.717, 1.165) is 38.6 Å². The molecule has 0 amide bonds. The largest absolute Gasteiger partial charge is 0.492 e. The van der Waals surface area contributed by atoms with E-state index in [2.05, 4.69) is 18.2 Å². The maximum absolute atomic E-state index is 10.9. The molecule has 0 saturated carbocycles. The molecule has 0 saturated heterocycles. The first kappa shape index (κ1) is 25.4. The summed E-state index contributed by atoms with van der Waals surface area (Å²) in [6, 6.07) is 27.6. The third kappa shape index (κ3) is 5.58. The van der Waals surface area contributed by atoms with Crippen molar-refractivity contribution < 1.29 is 14.9 Å². The second-order valence-corrected chi connectivity index (χ2v) is 9.71. The molecule has 0 aliphatic carbocycles. The molecule has 5 nitrogen and oxygen atoms in total. The number of aliphatic hydroxyl groups is 2. The Bertz CT molecular complexity index is 1400. The molecule has 0 bridgehead atoms. The van der Waals surface area contributed by atoms with Gasteiger partial charge in [0.25, 0.3) is 0 Å². The van der Waals surface area contributed by atoms with Gasteiger partial charge in [-0.15, -0.1) is 0 Å². The molecule has 0 aliphatic heterocycles. The molecule has 4 aromatic carbocycles.